The number of rotatable bonds is 2. The number of hydrogen-bond donors (Lipinski definition) is 2. The van der Waals surface area contributed by atoms with E-state index in [0.717, 1.165) is 19.1 Å². The molecule has 14 heavy (non-hydrogen) atoms. The zero-order chi connectivity index (χ0) is 9.54. The molecule has 0 aromatic carbocycles. The predicted octanol–water partition coefficient (Wildman–Crippen LogP) is 1.77. The van der Waals surface area contributed by atoms with Crippen molar-refractivity contribution >= 4 is 0 Å². The van der Waals surface area contributed by atoms with Crippen LogP contribution in [0.5, 0.6) is 0 Å². The number of ether oxygens (including phenoxy) is 1. The largest absolute Gasteiger partial charge is 0.370 e. The monoisotopic (exact) mass is 192 g/mol. The molecule has 0 atom stereocenters. The quantitative estimate of drug-likeness (QED) is 0.750. The van der Waals surface area contributed by atoms with Gasteiger partial charge in [-0.15, -0.1) is 0 Å². The molecule has 76 valence electrons. The number of aromatic amines is 1. The Kier molecular flexibility index (Phi) is 1.89. The van der Waals surface area contributed by atoms with Crippen LogP contribution in [0, 0.1) is 0 Å². The smallest absolute Gasteiger partial charge is 0.0874 e. The molecule has 1 fully saturated rings. The van der Waals surface area contributed by atoms with Gasteiger partial charge in [0.05, 0.1) is 13.2 Å². The molecular formula is C11H16N2O. The molecule has 0 unspecified atom stereocenters. The van der Waals surface area contributed by atoms with Crippen molar-refractivity contribution in [2.24, 2.45) is 5.73 Å². The normalized spacial score (nSPS) is 20.9. The van der Waals surface area contributed by atoms with Crippen LogP contribution >= 0.6 is 0 Å². The Labute approximate surface area is 83.6 Å². The predicted molar refractivity (Wildman–Crippen MR) is 53.8 cm³/mol. The van der Waals surface area contributed by atoms with Crippen molar-refractivity contribution in [3.8, 4) is 0 Å². The molecule has 1 aliphatic carbocycles. The summed E-state index contributed by atoms with van der Waals surface area (Å²) in [7, 11) is 0. The van der Waals surface area contributed by atoms with Crippen molar-refractivity contribution in [3.05, 3.63) is 22.5 Å². The molecule has 3 rings (SSSR count). The van der Waals surface area contributed by atoms with Gasteiger partial charge >= 0.3 is 0 Å². The highest BCUT2D eigenvalue weighted by atomic mass is 16.5. The Morgan fingerprint density at radius 1 is 1.36 bits per heavy atom. The molecule has 0 bridgehead atoms. The molecule has 1 saturated carbocycles. The number of nitrogens with one attached hydrogen (secondary N) is 1. The second kappa shape index (κ2) is 3.11. The Hall–Kier alpha value is -0.800. The summed E-state index contributed by atoms with van der Waals surface area (Å²) in [4.78, 5) is 3.51. The van der Waals surface area contributed by atoms with E-state index in [-0.39, 0.29) is 0 Å². The number of hydrogen-bond acceptors (Lipinski definition) is 2. The topological polar surface area (TPSA) is 51.0 Å². The van der Waals surface area contributed by atoms with Gasteiger partial charge in [-0.25, -0.2) is 0 Å². The summed E-state index contributed by atoms with van der Waals surface area (Å²) in [6.07, 6.45) is 4.02. The summed E-state index contributed by atoms with van der Waals surface area (Å²) >= 11 is 0. The average Bonchev–Trinajstić information content (AvgIpc) is 2.60. The van der Waals surface area contributed by atoms with Crippen molar-refractivity contribution in [2.75, 3.05) is 0 Å². The molecule has 3 N–H and O–H groups in total. The summed E-state index contributed by atoms with van der Waals surface area (Å²) in [6, 6.07) is 0. The molecule has 0 spiro atoms. The van der Waals surface area contributed by atoms with E-state index < -0.39 is 0 Å². The summed E-state index contributed by atoms with van der Waals surface area (Å²) in [6.45, 7) is 2.15. The first-order chi connectivity index (χ1) is 6.90. The summed E-state index contributed by atoms with van der Waals surface area (Å²) in [5.41, 5.74) is 11.2. The summed E-state index contributed by atoms with van der Waals surface area (Å²) in [5.74, 6) is 0.749. The molecule has 2 aliphatic rings. The number of aromatic nitrogens is 1. The highest BCUT2D eigenvalue weighted by Crippen LogP contribution is 2.40. The zero-order valence-corrected chi connectivity index (χ0v) is 8.31. The van der Waals surface area contributed by atoms with Crippen LogP contribution in [-0.4, -0.2) is 4.98 Å². The van der Waals surface area contributed by atoms with Crippen molar-refractivity contribution in [3.63, 3.8) is 0 Å². The van der Waals surface area contributed by atoms with Crippen molar-refractivity contribution in [1.82, 2.24) is 4.98 Å². The van der Waals surface area contributed by atoms with Crippen LogP contribution in [-0.2, 0) is 24.5 Å². The third kappa shape index (κ3) is 1.06. The van der Waals surface area contributed by atoms with Gasteiger partial charge < -0.3 is 15.5 Å². The van der Waals surface area contributed by atoms with Crippen LogP contribution in [0.1, 0.15) is 47.7 Å². The standard InChI is InChI=1S/C11H16N2O/c12-4-8-9-5-14-6-10(9)13-11(8)7-2-1-3-7/h7,13H,1-6,12H2. The van der Waals surface area contributed by atoms with E-state index in [1.165, 1.54) is 41.8 Å². The van der Waals surface area contributed by atoms with Gasteiger partial charge in [-0.2, -0.15) is 0 Å². The fourth-order valence-electron chi connectivity index (χ4n) is 2.49. The Morgan fingerprint density at radius 2 is 2.21 bits per heavy atom. The van der Waals surface area contributed by atoms with Gasteiger partial charge in [0.1, 0.15) is 0 Å². The Bertz CT molecular complexity index is 352. The number of fused-ring (bicyclic) bond motifs is 1. The molecule has 0 saturated heterocycles. The first kappa shape index (κ1) is 8.50. The highest BCUT2D eigenvalue weighted by molar-refractivity contribution is 5.40. The van der Waals surface area contributed by atoms with Crippen LogP contribution in [0.25, 0.3) is 0 Å². The lowest BCUT2D eigenvalue weighted by atomic mass is 9.81. The number of nitrogens with two attached hydrogens (primary N) is 1. The third-order valence-electron chi connectivity index (χ3n) is 3.55. The minimum absolute atomic E-state index is 0.654. The molecular weight excluding hydrogens is 176 g/mol. The first-order valence-electron chi connectivity index (χ1n) is 5.40. The zero-order valence-electron chi connectivity index (χ0n) is 8.31. The molecule has 0 amide bonds. The fourth-order valence-corrected chi connectivity index (χ4v) is 2.49. The van der Waals surface area contributed by atoms with Crippen molar-refractivity contribution < 1.29 is 4.74 Å². The minimum atomic E-state index is 0.654. The van der Waals surface area contributed by atoms with Crippen molar-refractivity contribution in [2.45, 2.75) is 44.9 Å². The van der Waals surface area contributed by atoms with Gasteiger partial charge in [0.2, 0.25) is 0 Å². The third-order valence-corrected chi connectivity index (χ3v) is 3.55. The minimum Gasteiger partial charge on any atom is -0.370 e. The van der Waals surface area contributed by atoms with E-state index in [1.807, 2.05) is 0 Å². The van der Waals surface area contributed by atoms with Gasteiger partial charge in [-0.3, -0.25) is 0 Å². The average molecular weight is 192 g/mol. The molecule has 1 aromatic heterocycles. The summed E-state index contributed by atoms with van der Waals surface area (Å²) in [5, 5.41) is 0. The lowest BCUT2D eigenvalue weighted by Gasteiger charge is -2.26. The van der Waals surface area contributed by atoms with E-state index in [0.29, 0.717) is 6.54 Å². The van der Waals surface area contributed by atoms with Gasteiger partial charge in [-0.1, -0.05) is 6.42 Å². The molecule has 3 heteroatoms. The van der Waals surface area contributed by atoms with Crippen molar-refractivity contribution in [1.29, 1.82) is 0 Å². The molecule has 0 radical (unpaired) electrons. The fraction of sp³-hybridized carbons (Fsp3) is 0.636. The second-order valence-corrected chi connectivity index (χ2v) is 4.30. The Morgan fingerprint density at radius 3 is 2.86 bits per heavy atom. The van der Waals surface area contributed by atoms with Crippen LogP contribution in [0.4, 0.5) is 0 Å². The second-order valence-electron chi connectivity index (χ2n) is 4.30. The molecule has 1 aromatic rings. The van der Waals surface area contributed by atoms with Crippen LogP contribution < -0.4 is 5.73 Å². The first-order valence-corrected chi connectivity index (χ1v) is 5.40. The van der Waals surface area contributed by atoms with E-state index in [2.05, 4.69) is 4.98 Å². The van der Waals surface area contributed by atoms with Gasteiger partial charge in [0.15, 0.2) is 0 Å². The molecule has 1 aliphatic heterocycles. The van der Waals surface area contributed by atoms with E-state index >= 15 is 0 Å². The van der Waals surface area contributed by atoms with E-state index in [1.54, 1.807) is 0 Å². The maximum absolute atomic E-state index is 5.81. The molecule has 2 heterocycles. The lowest BCUT2D eigenvalue weighted by Crippen LogP contribution is -2.13. The van der Waals surface area contributed by atoms with Gasteiger partial charge in [0, 0.05) is 23.5 Å². The van der Waals surface area contributed by atoms with Crippen LogP contribution in [0.15, 0.2) is 0 Å². The van der Waals surface area contributed by atoms with Crippen LogP contribution in [0.3, 0.4) is 0 Å². The van der Waals surface area contributed by atoms with Gasteiger partial charge in [-0.05, 0) is 24.3 Å². The maximum Gasteiger partial charge on any atom is 0.0874 e. The maximum atomic E-state index is 5.81. The Balaban J connectivity index is 2.02. The number of H-pyrrole nitrogens is 1. The van der Waals surface area contributed by atoms with E-state index in [4.69, 9.17) is 10.5 Å². The molecule has 3 nitrogen and oxygen atoms in total. The van der Waals surface area contributed by atoms with Crippen LogP contribution in [0.2, 0.25) is 0 Å². The SMILES string of the molecule is NCc1c(C2CCC2)[nH]c2c1COC2. The summed E-state index contributed by atoms with van der Waals surface area (Å²) < 4.78 is 5.40. The lowest BCUT2D eigenvalue weighted by molar-refractivity contribution is 0.131. The van der Waals surface area contributed by atoms with E-state index in [9.17, 15) is 0 Å². The highest BCUT2D eigenvalue weighted by Gasteiger charge is 2.28. The van der Waals surface area contributed by atoms with Gasteiger partial charge in [0.25, 0.3) is 0 Å².